The van der Waals surface area contributed by atoms with Gasteiger partial charge in [-0.2, -0.15) is 0 Å². The van der Waals surface area contributed by atoms with Gasteiger partial charge in [0.15, 0.2) is 0 Å². The van der Waals surface area contributed by atoms with Crippen LogP contribution in [0.25, 0.3) is 6.08 Å². The summed E-state index contributed by atoms with van der Waals surface area (Å²) in [5.74, 6) is -0.614. The van der Waals surface area contributed by atoms with Gasteiger partial charge in [-0.05, 0) is 35.8 Å². The molecule has 0 aromatic heterocycles. The summed E-state index contributed by atoms with van der Waals surface area (Å²) in [6.45, 7) is 1.91. The van der Waals surface area contributed by atoms with Crippen LogP contribution in [0.3, 0.4) is 0 Å². The molecule has 2 aromatic carbocycles. The van der Waals surface area contributed by atoms with E-state index >= 15 is 0 Å². The molecule has 0 atom stereocenters. The van der Waals surface area contributed by atoms with E-state index in [0.29, 0.717) is 14.9 Å². The maximum absolute atomic E-state index is 12.6. The molecule has 1 saturated heterocycles. The van der Waals surface area contributed by atoms with Crippen LogP contribution in [0.5, 0.6) is 5.75 Å². The number of anilines is 1. The molecule has 2 amide bonds. The molecule has 5 nitrogen and oxygen atoms in total. The van der Waals surface area contributed by atoms with E-state index in [1.54, 1.807) is 18.2 Å². The quantitative estimate of drug-likeness (QED) is 0.592. The fourth-order valence-electron chi connectivity index (χ4n) is 2.57. The number of thiocarbonyl (C=S) groups is 1. The van der Waals surface area contributed by atoms with Gasteiger partial charge in [0.2, 0.25) is 5.91 Å². The summed E-state index contributed by atoms with van der Waals surface area (Å²) in [7, 11) is 0. The molecule has 0 radical (unpaired) electrons. The molecule has 0 bridgehead atoms. The number of nitrogens with one attached hydrogen (secondary N) is 1. The lowest BCUT2D eigenvalue weighted by atomic mass is 10.1. The summed E-state index contributed by atoms with van der Waals surface area (Å²) >= 11 is 6.45. The zero-order valence-electron chi connectivity index (χ0n) is 14.6. The van der Waals surface area contributed by atoms with Crippen molar-refractivity contribution in [2.75, 3.05) is 11.9 Å². The van der Waals surface area contributed by atoms with Crippen LogP contribution in [0.1, 0.15) is 18.1 Å². The number of nitrogens with zero attached hydrogens (tertiary/aromatic N) is 1. The smallest absolute Gasteiger partial charge is 0.266 e. The van der Waals surface area contributed by atoms with Crippen LogP contribution in [-0.2, 0) is 16.0 Å². The molecule has 2 aromatic rings. The van der Waals surface area contributed by atoms with Gasteiger partial charge in [0.05, 0.1) is 4.91 Å². The first-order valence-electron chi connectivity index (χ1n) is 8.39. The molecule has 0 unspecified atom stereocenters. The van der Waals surface area contributed by atoms with E-state index in [-0.39, 0.29) is 24.1 Å². The first-order chi connectivity index (χ1) is 13.0. The van der Waals surface area contributed by atoms with Crippen molar-refractivity contribution in [3.8, 4) is 5.75 Å². The van der Waals surface area contributed by atoms with Crippen molar-refractivity contribution < 1.29 is 14.7 Å². The first-order valence-corrected chi connectivity index (χ1v) is 9.62. The third-order valence-corrected chi connectivity index (χ3v) is 5.37. The number of phenolic OH excluding ortho intramolecular Hbond substituents is 1. The van der Waals surface area contributed by atoms with Crippen LogP contribution >= 0.6 is 24.0 Å². The molecule has 1 fully saturated rings. The van der Waals surface area contributed by atoms with Crippen LogP contribution in [0.4, 0.5) is 5.69 Å². The number of amides is 2. The number of aryl methyl sites for hydroxylation is 1. The molecule has 27 heavy (non-hydrogen) atoms. The van der Waals surface area contributed by atoms with E-state index in [2.05, 4.69) is 12.2 Å². The number of carbonyl (C=O) groups is 2. The number of rotatable bonds is 5. The average molecular weight is 399 g/mol. The molecule has 3 rings (SSSR count). The minimum absolute atomic E-state index is 0.0513. The van der Waals surface area contributed by atoms with E-state index in [9.17, 15) is 14.7 Å². The lowest BCUT2D eigenvalue weighted by Gasteiger charge is -2.14. The Morgan fingerprint density at radius 1 is 1.26 bits per heavy atom. The van der Waals surface area contributed by atoms with E-state index in [0.717, 1.165) is 12.0 Å². The number of carbonyl (C=O) groups excluding carboxylic acids is 2. The van der Waals surface area contributed by atoms with Crippen LogP contribution < -0.4 is 5.32 Å². The zero-order chi connectivity index (χ0) is 19.4. The normalized spacial score (nSPS) is 15.4. The summed E-state index contributed by atoms with van der Waals surface area (Å²) < 4.78 is 0.350. The summed E-state index contributed by atoms with van der Waals surface area (Å²) in [6, 6.07) is 14.2. The largest absolute Gasteiger partial charge is 0.508 e. The van der Waals surface area contributed by atoms with Gasteiger partial charge in [-0.1, -0.05) is 61.2 Å². The maximum Gasteiger partial charge on any atom is 0.266 e. The van der Waals surface area contributed by atoms with Gasteiger partial charge >= 0.3 is 0 Å². The number of hydrogen-bond donors (Lipinski definition) is 2. The van der Waals surface area contributed by atoms with Crippen molar-refractivity contribution in [3.05, 3.63) is 64.6 Å². The van der Waals surface area contributed by atoms with Gasteiger partial charge in [-0.3, -0.25) is 14.5 Å². The molecule has 1 heterocycles. The number of phenols is 1. The Bertz CT molecular complexity index is 923. The standard InChI is InChI=1S/C20H18N2O3S2/c1-2-13-6-8-14(9-7-13)10-17-19(25)22(20(26)27-17)12-18(24)21-15-4-3-5-16(23)11-15/h3-11,23H,2,12H2,1H3,(H,21,24)/b17-10-. The monoisotopic (exact) mass is 398 g/mol. The van der Waals surface area contributed by atoms with Crippen LogP contribution in [-0.4, -0.2) is 32.7 Å². The van der Waals surface area contributed by atoms with Gasteiger partial charge in [0.25, 0.3) is 5.91 Å². The van der Waals surface area contributed by atoms with Gasteiger partial charge in [0.1, 0.15) is 16.6 Å². The Hall–Kier alpha value is -2.64. The highest BCUT2D eigenvalue weighted by Gasteiger charge is 2.33. The van der Waals surface area contributed by atoms with Crippen LogP contribution in [0.15, 0.2) is 53.4 Å². The van der Waals surface area contributed by atoms with E-state index in [4.69, 9.17) is 12.2 Å². The number of aromatic hydroxyl groups is 1. The highest BCUT2D eigenvalue weighted by Crippen LogP contribution is 2.32. The van der Waals surface area contributed by atoms with Gasteiger partial charge in [0, 0.05) is 11.8 Å². The molecular formula is C20H18N2O3S2. The topological polar surface area (TPSA) is 69.6 Å². The summed E-state index contributed by atoms with van der Waals surface area (Å²) in [4.78, 5) is 26.6. The minimum Gasteiger partial charge on any atom is -0.508 e. The minimum atomic E-state index is -0.384. The van der Waals surface area contributed by atoms with E-state index in [1.807, 2.05) is 24.3 Å². The van der Waals surface area contributed by atoms with Crippen LogP contribution in [0.2, 0.25) is 0 Å². The second-order valence-electron chi connectivity index (χ2n) is 5.96. The number of hydrogen-bond acceptors (Lipinski definition) is 5. The average Bonchev–Trinajstić information content (AvgIpc) is 2.90. The molecule has 0 aliphatic carbocycles. The molecule has 7 heteroatoms. The summed E-state index contributed by atoms with van der Waals surface area (Å²) in [6.07, 6.45) is 2.74. The molecule has 1 aliphatic rings. The van der Waals surface area contributed by atoms with Crippen molar-refractivity contribution in [2.45, 2.75) is 13.3 Å². The summed E-state index contributed by atoms with van der Waals surface area (Å²) in [5, 5.41) is 12.1. The van der Waals surface area contributed by atoms with Gasteiger partial charge < -0.3 is 10.4 Å². The van der Waals surface area contributed by atoms with E-state index < -0.39 is 0 Å². The molecule has 0 spiro atoms. The lowest BCUT2D eigenvalue weighted by Crippen LogP contribution is -2.36. The molecule has 1 aliphatic heterocycles. The first kappa shape index (κ1) is 19.1. The Labute approximate surface area is 167 Å². The third kappa shape index (κ3) is 4.75. The molecule has 138 valence electrons. The second-order valence-corrected chi connectivity index (χ2v) is 7.64. The Kier molecular flexibility index (Phi) is 5.93. The predicted molar refractivity (Wildman–Crippen MR) is 112 cm³/mol. The van der Waals surface area contributed by atoms with Gasteiger partial charge in [-0.25, -0.2) is 0 Å². The highest BCUT2D eigenvalue weighted by molar-refractivity contribution is 8.26. The van der Waals surface area contributed by atoms with Crippen molar-refractivity contribution in [1.29, 1.82) is 0 Å². The summed E-state index contributed by atoms with van der Waals surface area (Å²) in [5.41, 5.74) is 2.59. The maximum atomic E-state index is 12.6. The molecular weight excluding hydrogens is 380 g/mol. The fraction of sp³-hybridized carbons (Fsp3) is 0.150. The third-order valence-electron chi connectivity index (χ3n) is 3.99. The Morgan fingerprint density at radius 3 is 2.67 bits per heavy atom. The predicted octanol–water partition coefficient (Wildman–Crippen LogP) is 3.79. The molecule has 2 N–H and O–H groups in total. The van der Waals surface area contributed by atoms with Crippen molar-refractivity contribution in [3.63, 3.8) is 0 Å². The van der Waals surface area contributed by atoms with E-state index in [1.165, 1.54) is 34.4 Å². The van der Waals surface area contributed by atoms with Crippen molar-refractivity contribution in [1.82, 2.24) is 4.90 Å². The SMILES string of the molecule is CCc1ccc(/C=C2\SC(=S)N(CC(=O)Nc3cccc(O)c3)C2=O)cc1. The van der Waals surface area contributed by atoms with Gasteiger partial charge in [-0.15, -0.1) is 0 Å². The van der Waals surface area contributed by atoms with Crippen LogP contribution in [0, 0.1) is 0 Å². The Morgan fingerprint density at radius 2 is 2.00 bits per heavy atom. The molecule has 0 saturated carbocycles. The number of benzene rings is 2. The zero-order valence-corrected chi connectivity index (χ0v) is 16.3. The van der Waals surface area contributed by atoms with Crippen molar-refractivity contribution in [2.24, 2.45) is 0 Å². The number of thioether (sulfide) groups is 1. The van der Waals surface area contributed by atoms with Crippen molar-refractivity contribution >= 4 is 51.9 Å². The lowest BCUT2D eigenvalue weighted by molar-refractivity contribution is -0.126. The fourth-order valence-corrected chi connectivity index (χ4v) is 3.82. The Balaban J connectivity index is 1.68. The second kappa shape index (κ2) is 8.37. The highest BCUT2D eigenvalue weighted by atomic mass is 32.2.